The predicted molar refractivity (Wildman–Crippen MR) is 57.9 cm³/mol. The first kappa shape index (κ1) is 10.4. The van der Waals surface area contributed by atoms with Crippen molar-refractivity contribution < 1.29 is 9.84 Å². The maximum absolute atomic E-state index is 10.1. The maximum atomic E-state index is 10.1. The fourth-order valence-corrected chi connectivity index (χ4v) is 2.82. The molecule has 1 saturated heterocycles. The molecule has 0 spiro atoms. The molecule has 2 unspecified atom stereocenters. The molecule has 78 valence electrons. The zero-order chi connectivity index (χ0) is 10.2. The molecule has 2 nitrogen and oxygen atoms in total. The zero-order valence-corrected chi connectivity index (χ0v) is 9.57. The lowest BCUT2D eigenvalue weighted by atomic mass is 9.92. The summed E-state index contributed by atoms with van der Waals surface area (Å²) in [5.41, 5.74) is 0.339. The van der Waals surface area contributed by atoms with Gasteiger partial charge in [0.05, 0.1) is 9.94 Å². The molecule has 1 fully saturated rings. The van der Waals surface area contributed by atoms with Crippen LogP contribution >= 0.6 is 22.9 Å². The van der Waals surface area contributed by atoms with Crippen molar-refractivity contribution in [1.29, 1.82) is 0 Å². The van der Waals surface area contributed by atoms with Gasteiger partial charge < -0.3 is 9.84 Å². The highest BCUT2D eigenvalue weighted by Gasteiger charge is 2.39. The summed E-state index contributed by atoms with van der Waals surface area (Å²) in [5.74, 6) is 0. The summed E-state index contributed by atoms with van der Waals surface area (Å²) >= 11 is 7.42. The van der Waals surface area contributed by atoms with E-state index in [1.807, 2.05) is 18.4 Å². The normalized spacial score (nSPS) is 29.4. The van der Waals surface area contributed by atoms with Crippen LogP contribution in [0.4, 0.5) is 0 Å². The number of aliphatic hydroxyl groups excluding tert-OH is 1. The maximum Gasteiger partial charge on any atom is 0.110 e. The zero-order valence-electron chi connectivity index (χ0n) is 8.00. The first-order valence-corrected chi connectivity index (χ1v) is 5.94. The van der Waals surface area contributed by atoms with E-state index in [0.717, 1.165) is 25.0 Å². The van der Waals surface area contributed by atoms with Crippen LogP contribution in [0, 0.1) is 0 Å². The number of hydrogen-bond acceptors (Lipinski definition) is 3. The third kappa shape index (κ3) is 1.70. The molecule has 0 aromatic carbocycles. The van der Waals surface area contributed by atoms with Crippen molar-refractivity contribution in [2.75, 3.05) is 6.61 Å². The average molecular weight is 233 g/mol. The van der Waals surface area contributed by atoms with Crippen LogP contribution in [0.2, 0.25) is 4.34 Å². The number of rotatable bonds is 2. The smallest absolute Gasteiger partial charge is 0.110 e. The van der Waals surface area contributed by atoms with Gasteiger partial charge in [0.2, 0.25) is 0 Å². The summed E-state index contributed by atoms with van der Waals surface area (Å²) in [6.07, 6.45) is 1.29. The Morgan fingerprint density at radius 2 is 2.50 bits per heavy atom. The highest BCUT2D eigenvalue weighted by molar-refractivity contribution is 7.14. The third-order valence-corrected chi connectivity index (χ3v) is 3.97. The largest absolute Gasteiger partial charge is 0.385 e. The number of aliphatic hydroxyl groups is 1. The van der Waals surface area contributed by atoms with Gasteiger partial charge in [-0.1, -0.05) is 11.6 Å². The third-order valence-electron chi connectivity index (χ3n) is 2.77. The molecule has 1 N–H and O–H groups in total. The van der Waals surface area contributed by atoms with Gasteiger partial charge in [-0.15, -0.1) is 11.3 Å². The monoisotopic (exact) mass is 232 g/mol. The van der Waals surface area contributed by atoms with E-state index in [1.54, 1.807) is 0 Å². The predicted octanol–water partition coefficient (Wildman–Crippen LogP) is 3.00. The molecule has 0 aliphatic carbocycles. The standard InChI is InChI=1S/C10H13ClO2S/c1-10(4-2-5-13-10)8(12)7-3-6-14-9(7)11/h3,6,8,12H,2,4-5H2,1H3. The van der Waals surface area contributed by atoms with Gasteiger partial charge >= 0.3 is 0 Å². The molecular weight excluding hydrogens is 220 g/mol. The minimum atomic E-state index is -0.608. The Morgan fingerprint density at radius 3 is 3.00 bits per heavy atom. The number of halogens is 1. The summed E-state index contributed by atoms with van der Waals surface area (Å²) in [6, 6.07) is 1.87. The van der Waals surface area contributed by atoms with Gasteiger partial charge in [0.15, 0.2) is 0 Å². The fraction of sp³-hybridized carbons (Fsp3) is 0.600. The van der Waals surface area contributed by atoms with E-state index in [1.165, 1.54) is 11.3 Å². The Balaban J connectivity index is 2.23. The van der Waals surface area contributed by atoms with Crippen LogP contribution in [-0.2, 0) is 4.74 Å². The van der Waals surface area contributed by atoms with Gasteiger partial charge in [-0.2, -0.15) is 0 Å². The Hall–Kier alpha value is -0.0900. The van der Waals surface area contributed by atoms with E-state index in [2.05, 4.69) is 0 Å². The summed E-state index contributed by atoms with van der Waals surface area (Å²) < 4.78 is 6.24. The van der Waals surface area contributed by atoms with E-state index in [4.69, 9.17) is 16.3 Å². The lowest BCUT2D eigenvalue weighted by Crippen LogP contribution is -2.31. The van der Waals surface area contributed by atoms with Crippen LogP contribution in [0.15, 0.2) is 11.4 Å². The van der Waals surface area contributed by atoms with Crippen LogP contribution < -0.4 is 0 Å². The van der Waals surface area contributed by atoms with Gasteiger partial charge in [0.1, 0.15) is 6.10 Å². The van der Waals surface area contributed by atoms with Crippen molar-refractivity contribution >= 4 is 22.9 Å². The van der Waals surface area contributed by atoms with Crippen LogP contribution in [0.5, 0.6) is 0 Å². The van der Waals surface area contributed by atoms with Crippen LogP contribution in [0.25, 0.3) is 0 Å². The number of hydrogen-bond donors (Lipinski definition) is 1. The van der Waals surface area contributed by atoms with E-state index in [0.29, 0.717) is 4.34 Å². The molecule has 1 aliphatic heterocycles. The van der Waals surface area contributed by atoms with E-state index in [-0.39, 0.29) is 0 Å². The van der Waals surface area contributed by atoms with Gasteiger partial charge in [-0.3, -0.25) is 0 Å². The van der Waals surface area contributed by atoms with Crippen LogP contribution in [0.1, 0.15) is 31.4 Å². The Morgan fingerprint density at radius 1 is 1.71 bits per heavy atom. The second-order valence-corrected chi connectivity index (χ2v) is 5.34. The minimum absolute atomic E-state index is 0.454. The first-order valence-electron chi connectivity index (χ1n) is 4.68. The molecule has 2 rings (SSSR count). The molecule has 1 aromatic heterocycles. The minimum Gasteiger partial charge on any atom is -0.385 e. The molecule has 1 aromatic rings. The van der Waals surface area contributed by atoms with Gasteiger partial charge in [0.25, 0.3) is 0 Å². The highest BCUT2D eigenvalue weighted by Crippen LogP contribution is 2.41. The van der Waals surface area contributed by atoms with Crippen molar-refractivity contribution in [3.05, 3.63) is 21.3 Å². The fourth-order valence-electron chi connectivity index (χ4n) is 1.84. The lowest BCUT2D eigenvalue weighted by Gasteiger charge is -2.29. The Bertz CT molecular complexity index is 318. The van der Waals surface area contributed by atoms with E-state index < -0.39 is 11.7 Å². The summed E-state index contributed by atoms with van der Waals surface area (Å²) in [5, 5.41) is 12.0. The topological polar surface area (TPSA) is 29.5 Å². The van der Waals surface area contributed by atoms with Crippen molar-refractivity contribution in [3.63, 3.8) is 0 Å². The second-order valence-electron chi connectivity index (χ2n) is 3.82. The van der Waals surface area contributed by atoms with Crippen molar-refractivity contribution in [3.8, 4) is 0 Å². The molecule has 0 amide bonds. The van der Waals surface area contributed by atoms with Crippen LogP contribution in [0.3, 0.4) is 0 Å². The molecule has 2 atom stereocenters. The highest BCUT2D eigenvalue weighted by atomic mass is 35.5. The molecular formula is C10H13ClO2S. The Kier molecular flexibility index (Phi) is 2.84. The first-order chi connectivity index (χ1) is 6.63. The molecule has 1 aliphatic rings. The molecule has 2 heterocycles. The number of thiophene rings is 1. The summed E-state index contributed by atoms with van der Waals surface area (Å²) in [4.78, 5) is 0. The molecule has 14 heavy (non-hydrogen) atoms. The Labute approximate surface area is 92.5 Å². The lowest BCUT2D eigenvalue weighted by molar-refractivity contribution is -0.0794. The van der Waals surface area contributed by atoms with Crippen LogP contribution in [-0.4, -0.2) is 17.3 Å². The van der Waals surface area contributed by atoms with Crippen molar-refractivity contribution in [2.24, 2.45) is 0 Å². The van der Waals surface area contributed by atoms with Gasteiger partial charge in [-0.05, 0) is 31.2 Å². The summed E-state index contributed by atoms with van der Waals surface area (Å²) in [6.45, 7) is 2.67. The second kappa shape index (κ2) is 3.81. The number of ether oxygens (including phenoxy) is 1. The molecule has 0 bridgehead atoms. The quantitative estimate of drug-likeness (QED) is 0.850. The SMILES string of the molecule is CC1(C(O)c2ccsc2Cl)CCCO1. The summed E-state index contributed by atoms with van der Waals surface area (Å²) in [7, 11) is 0. The van der Waals surface area contributed by atoms with Crippen molar-refractivity contribution in [2.45, 2.75) is 31.5 Å². The van der Waals surface area contributed by atoms with Gasteiger partial charge in [0, 0.05) is 12.2 Å². The molecule has 4 heteroatoms. The van der Waals surface area contributed by atoms with Gasteiger partial charge in [-0.25, -0.2) is 0 Å². The average Bonchev–Trinajstić information content (AvgIpc) is 2.74. The molecule has 0 saturated carbocycles. The molecule has 0 radical (unpaired) electrons. The van der Waals surface area contributed by atoms with Crippen molar-refractivity contribution in [1.82, 2.24) is 0 Å². The van der Waals surface area contributed by atoms with E-state index in [9.17, 15) is 5.11 Å². The van der Waals surface area contributed by atoms with E-state index >= 15 is 0 Å².